The van der Waals surface area contributed by atoms with Gasteiger partial charge >= 0.3 is 0 Å². The Morgan fingerprint density at radius 3 is 2.45 bits per heavy atom. The molecule has 0 atom stereocenters. The van der Waals surface area contributed by atoms with E-state index in [1.807, 2.05) is 18.2 Å². The lowest BCUT2D eigenvalue weighted by Gasteiger charge is -2.48. The number of aryl methyl sites for hydroxylation is 1. The Morgan fingerprint density at radius 1 is 1.03 bits per heavy atom. The van der Waals surface area contributed by atoms with Gasteiger partial charge in [-0.25, -0.2) is 23.7 Å². The van der Waals surface area contributed by atoms with Crippen LogP contribution in [0.3, 0.4) is 0 Å². The highest BCUT2D eigenvalue weighted by molar-refractivity contribution is 5.78. The van der Waals surface area contributed by atoms with Crippen molar-refractivity contribution >= 4 is 22.7 Å². The van der Waals surface area contributed by atoms with E-state index in [1.165, 1.54) is 12.1 Å². The molecule has 2 N–H and O–H groups in total. The smallest absolute Gasteiger partial charge is 0.165 e. The van der Waals surface area contributed by atoms with Crippen LogP contribution in [0, 0.1) is 30.9 Å². The van der Waals surface area contributed by atoms with Crippen molar-refractivity contribution in [3.05, 3.63) is 60.1 Å². The lowest BCUT2D eigenvalue weighted by atomic mass is 10.1. The number of nitrogens with zero attached hydrogens (tertiary/aromatic N) is 7. The van der Waals surface area contributed by atoms with Gasteiger partial charge in [-0.1, -0.05) is 5.92 Å². The number of pyridine rings is 2. The third-order valence-electron chi connectivity index (χ3n) is 7.41. The third kappa shape index (κ3) is 4.34. The standard InChI is InChI=1S/C28H28F2N8/c1-3-8-35-16-21(17-35)36-9-11-37(12-10-36)27-22(29)14-20(15-23(27)30)38-18(2)33-25-5-4-24(34-28(25)38)19-6-7-32-26(31)13-19/h1,4-7,13-15,21H,8-12,16-17H2,2H3,(H2,31,32). The van der Waals surface area contributed by atoms with E-state index in [4.69, 9.17) is 17.1 Å². The number of nitrogens with two attached hydrogens (primary N) is 1. The maximum absolute atomic E-state index is 15.5. The van der Waals surface area contributed by atoms with Crippen molar-refractivity contribution in [3.8, 4) is 29.3 Å². The SMILES string of the molecule is C#CCN1CC(N2CCN(c3c(F)cc(-n4c(C)nc5ccc(-c6ccnc(N)c6)nc54)cc3F)CC2)C1. The fourth-order valence-corrected chi connectivity index (χ4v) is 5.47. The summed E-state index contributed by atoms with van der Waals surface area (Å²) in [5, 5.41) is 0. The number of benzene rings is 1. The first kappa shape index (κ1) is 24.3. The van der Waals surface area contributed by atoms with Gasteiger partial charge < -0.3 is 10.6 Å². The highest BCUT2D eigenvalue weighted by Crippen LogP contribution is 2.31. The predicted molar refractivity (Wildman–Crippen MR) is 144 cm³/mol. The van der Waals surface area contributed by atoms with Gasteiger partial charge in [0.15, 0.2) is 17.3 Å². The number of likely N-dealkylation sites (tertiary alicyclic amines) is 1. The Hall–Kier alpha value is -4.07. The van der Waals surface area contributed by atoms with E-state index in [0.29, 0.717) is 59.9 Å². The molecule has 0 spiro atoms. The van der Waals surface area contributed by atoms with E-state index in [1.54, 1.807) is 28.7 Å². The zero-order chi connectivity index (χ0) is 26.4. The second-order valence-electron chi connectivity index (χ2n) is 9.84. The normalized spacial score (nSPS) is 17.1. The van der Waals surface area contributed by atoms with Gasteiger partial charge in [-0.15, -0.1) is 6.42 Å². The van der Waals surface area contributed by atoms with Crippen molar-refractivity contribution in [1.29, 1.82) is 0 Å². The summed E-state index contributed by atoms with van der Waals surface area (Å²) in [4.78, 5) is 19.7. The number of aromatic nitrogens is 4. The molecule has 4 aromatic rings. The first-order valence-electron chi connectivity index (χ1n) is 12.6. The Labute approximate surface area is 219 Å². The average molecular weight is 515 g/mol. The summed E-state index contributed by atoms with van der Waals surface area (Å²) in [5.41, 5.74) is 8.78. The Morgan fingerprint density at radius 2 is 1.76 bits per heavy atom. The molecule has 10 heteroatoms. The first-order valence-corrected chi connectivity index (χ1v) is 12.6. The average Bonchev–Trinajstić information content (AvgIpc) is 3.21. The van der Waals surface area contributed by atoms with Crippen LogP contribution in [0.25, 0.3) is 28.1 Å². The Bertz CT molecular complexity index is 1520. The summed E-state index contributed by atoms with van der Waals surface area (Å²) in [6, 6.07) is 10.4. The topological polar surface area (TPSA) is 79.3 Å². The minimum absolute atomic E-state index is 0.0129. The molecule has 2 fully saturated rings. The number of halogens is 2. The van der Waals surface area contributed by atoms with Gasteiger partial charge in [-0.2, -0.15) is 0 Å². The van der Waals surface area contributed by atoms with Crippen LogP contribution in [0.2, 0.25) is 0 Å². The number of anilines is 2. The van der Waals surface area contributed by atoms with Crippen LogP contribution < -0.4 is 10.6 Å². The number of nitrogen functional groups attached to an aromatic ring is 1. The monoisotopic (exact) mass is 514 g/mol. The van der Waals surface area contributed by atoms with Gasteiger partial charge in [0.2, 0.25) is 0 Å². The second kappa shape index (κ2) is 9.67. The summed E-state index contributed by atoms with van der Waals surface area (Å²) < 4.78 is 32.6. The van der Waals surface area contributed by atoms with Gasteiger partial charge in [-0.05, 0) is 31.2 Å². The molecule has 2 saturated heterocycles. The van der Waals surface area contributed by atoms with Crippen LogP contribution in [0.1, 0.15) is 5.82 Å². The van der Waals surface area contributed by atoms with Crippen LogP contribution in [0.5, 0.6) is 0 Å². The van der Waals surface area contributed by atoms with Crippen molar-refractivity contribution in [2.45, 2.75) is 13.0 Å². The molecule has 6 rings (SSSR count). The molecule has 194 valence electrons. The van der Waals surface area contributed by atoms with Crippen molar-refractivity contribution in [2.75, 3.05) is 56.4 Å². The van der Waals surface area contributed by atoms with E-state index in [9.17, 15) is 0 Å². The number of imidazole rings is 1. The lowest BCUT2D eigenvalue weighted by molar-refractivity contribution is 0.0400. The number of rotatable bonds is 5. The predicted octanol–water partition coefficient (Wildman–Crippen LogP) is 3.09. The van der Waals surface area contributed by atoms with E-state index in [2.05, 4.69) is 25.7 Å². The van der Waals surface area contributed by atoms with Crippen molar-refractivity contribution in [1.82, 2.24) is 29.3 Å². The van der Waals surface area contributed by atoms with Crippen LogP contribution in [-0.4, -0.2) is 81.2 Å². The van der Waals surface area contributed by atoms with E-state index in [0.717, 1.165) is 31.7 Å². The van der Waals surface area contributed by atoms with E-state index < -0.39 is 11.6 Å². The van der Waals surface area contributed by atoms with Gasteiger partial charge in [-0.3, -0.25) is 14.4 Å². The maximum Gasteiger partial charge on any atom is 0.165 e. The highest BCUT2D eigenvalue weighted by atomic mass is 19.1. The largest absolute Gasteiger partial charge is 0.384 e. The summed E-state index contributed by atoms with van der Waals surface area (Å²) in [6.45, 7) is 6.99. The summed E-state index contributed by atoms with van der Waals surface area (Å²) >= 11 is 0. The van der Waals surface area contributed by atoms with Gasteiger partial charge in [0.05, 0.1) is 17.9 Å². The molecule has 38 heavy (non-hydrogen) atoms. The van der Waals surface area contributed by atoms with Crippen LogP contribution in [0.15, 0.2) is 42.6 Å². The Balaban J connectivity index is 1.26. The van der Waals surface area contributed by atoms with E-state index >= 15 is 8.78 Å². The number of piperazine rings is 1. The molecule has 0 radical (unpaired) electrons. The molecular formula is C28H28F2N8. The molecule has 8 nitrogen and oxygen atoms in total. The van der Waals surface area contributed by atoms with E-state index in [-0.39, 0.29) is 5.69 Å². The zero-order valence-corrected chi connectivity index (χ0v) is 21.1. The maximum atomic E-state index is 15.5. The minimum Gasteiger partial charge on any atom is -0.384 e. The van der Waals surface area contributed by atoms with Crippen molar-refractivity contribution < 1.29 is 8.78 Å². The van der Waals surface area contributed by atoms with Gasteiger partial charge in [0.1, 0.15) is 22.8 Å². The zero-order valence-electron chi connectivity index (χ0n) is 21.1. The number of hydrogen-bond donors (Lipinski definition) is 1. The molecule has 0 saturated carbocycles. The third-order valence-corrected chi connectivity index (χ3v) is 7.41. The fraction of sp³-hybridized carbons (Fsp3) is 0.321. The summed E-state index contributed by atoms with van der Waals surface area (Å²) in [6.07, 6.45) is 7.00. The quantitative estimate of drug-likeness (QED) is 0.410. The second-order valence-corrected chi connectivity index (χ2v) is 9.84. The molecule has 5 heterocycles. The summed E-state index contributed by atoms with van der Waals surface area (Å²) in [5.74, 6) is 2.44. The fourth-order valence-electron chi connectivity index (χ4n) is 5.47. The molecule has 1 aromatic carbocycles. The van der Waals surface area contributed by atoms with Crippen molar-refractivity contribution in [2.24, 2.45) is 0 Å². The molecule has 0 bridgehead atoms. The molecule has 0 aliphatic carbocycles. The van der Waals surface area contributed by atoms with Crippen LogP contribution in [0.4, 0.5) is 20.3 Å². The van der Waals surface area contributed by atoms with Gasteiger partial charge in [0.25, 0.3) is 0 Å². The molecular weight excluding hydrogens is 486 g/mol. The summed E-state index contributed by atoms with van der Waals surface area (Å²) in [7, 11) is 0. The molecule has 2 aliphatic rings. The molecule has 2 aliphatic heterocycles. The van der Waals surface area contributed by atoms with Crippen molar-refractivity contribution in [3.63, 3.8) is 0 Å². The molecule has 0 unspecified atom stereocenters. The van der Waals surface area contributed by atoms with Gasteiger partial charge in [0, 0.05) is 69.2 Å². The lowest BCUT2D eigenvalue weighted by Crippen LogP contribution is -2.63. The van der Waals surface area contributed by atoms with Crippen LogP contribution >= 0.6 is 0 Å². The highest BCUT2D eigenvalue weighted by Gasteiger charge is 2.34. The molecule has 3 aromatic heterocycles. The molecule has 0 amide bonds. The van der Waals surface area contributed by atoms with Crippen LogP contribution in [-0.2, 0) is 0 Å². The number of hydrogen-bond acceptors (Lipinski definition) is 7. The minimum atomic E-state index is -0.600. The Kier molecular flexibility index (Phi) is 6.18. The first-order chi connectivity index (χ1) is 18.4. The number of terminal acetylenes is 1. The number of fused-ring (bicyclic) bond motifs is 1.